The van der Waals surface area contributed by atoms with Crippen molar-refractivity contribution < 1.29 is 4.79 Å². The Bertz CT molecular complexity index is 1040. The zero-order chi connectivity index (χ0) is 19.3. The zero-order valence-corrected chi connectivity index (χ0v) is 16.5. The van der Waals surface area contributed by atoms with Crippen molar-refractivity contribution in [2.45, 2.75) is 6.42 Å². The van der Waals surface area contributed by atoms with Crippen LogP contribution in [-0.4, -0.2) is 22.4 Å². The molecule has 1 aromatic heterocycles. The van der Waals surface area contributed by atoms with Crippen LogP contribution in [0.1, 0.15) is 11.1 Å². The summed E-state index contributed by atoms with van der Waals surface area (Å²) in [5.41, 5.74) is 3.82. The fraction of sp³-hybridized carbons (Fsp3) is 0.0952. The summed E-state index contributed by atoms with van der Waals surface area (Å²) in [7, 11) is 0. The summed E-state index contributed by atoms with van der Waals surface area (Å²) in [5, 5.41) is 9.29. The predicted octanol–water partition coefficient (Wildman–Crippen LogP) is 4.60. The van der Waals surface area contributed by atoms with Crippen LogP contribution in [0.5, 0.6) is 0 Å². The highest BCUT2D eigenvalue weighted by Crippen LogP contribution is 2.28. The maximum absolute atomic E-state index is 11.5. The highest BCUT2D eigenvalue weighted by molar-refractivity contribution is 9.10. The van der Waals surface area contributed by atoms with Gasteiger partial charge in [-0.3, -0.25) is 4.79 Å². The van der Waals surface area contributed by atoms with Gasteiger partial charge < -0.3 is 16.0 Å². The molecule has 2 aromatic carbocycles. The van der Waals surface area contributed by atoms with Crippen LogP contribution in [0.2, 0.25) is 0 Å². The molecule has 1 amide bonds. The van der Waals surface area contributed by atoms with Gasteiger partial charge in [0.1, 0.15) is 5.82 Å². The first-order valence-corrected chi connectivity index (χ1v) is 9.64. The molecule has 2 heterocycles. The summed E-state index contributed by atoms with van der Waals surface area (Å²) in [6.45, 7) is 0.635. The lowest BCUT2D eigenvalue weighted by molar-refractivity contribution is -0.115. The maximum atomic E-state index is 11.5. The van der Waals surface area contributed by atoms with Gasteiger partial charge in [0.2, 0.25) is 11.9 Å². The molecular weight excluding hydrogens is 418 g/mol. The molecule has 6 nitrogen and oxygen atoms in total. The lowest BCUT2D eigenvalue weighted by Crippen LogP contribution is -2.05. The van der Waals surface area contributed by atoms with E-state index in [9.17, 15) is 4.79 Å². The van der Waals surface area contributed by atoms with Crippen LogP contribution < -0.4 is 16.0 Å². The first-order valence-electron chi connectivity index (χ1n) is 8.85. The number of aromatic nitrogens is 2. The number of carbonyl (C=O) groups is 1. The van der Waals surface area contributed by atoms with Gasteiger partial charge in [-0.2, -0.15) is 4.98 Å². The highest BCUT2D eigenvalue weighted by Gasteiger charge is 2.17. The first kappa shape index (κ1) is 18.2. The molecule has 0 unspecified atom stereocenters. The van der Waals surface area contributed by atoms with Crippen LogP contribution in [0, 0.1) is 0 Å². The number of halogens is 1. The molecule has 0 atom stereocenters. The Kier molecular flexibility index (Phi) is 5.34. The van der Waals surface area contributed by atoms with Gasteiger partial charge in [0.15, 0.2) is 0 Å². The van der Waals surface area contributed by atoms with Gasteiger partial charge in [-0.25, -0.2) is 4.98 Å². The third-order valence-electron chi connectivity index (χ3n) is 4.23. The van der Waals surface area contributed by atoms with Crippen LogP contribution in [0.25, 0.3) is 6.08 Å². The van der Waals surface area contributed by atoms with Crippen LogP contribution in [0.3, 0.4) is 0 Å². The fourth-order valence-electron chi connectivity index (χ4n) is 2.90. The average molecular weight is 436 g/mol. The third kappa shape index (κ3) is 4.37. The molecule has 3 aromatic rings. The van der Waals surface area contributed by atoms with E-state index in [-0.39, 0.29) is 5.91 Å². The van der Waals surface area contributed by atoms with Gasteiger partial charge in [-0.1, -0.05) is 42.5 Å². The number of benzene rings is 2. The number of nitrogens with zero attached hydrogens (tertiary/aromatic N) is 2. The van der Waals surface area contributed by atoms with Crippen molar-refractivity contribution in [1.29, 1.82) is 0 Å². The van der Waals surface area contributed by atoms with E-state index in [4.69, 9.17) is 0 Å². The topological polar surface area (TPSA) is 78.9 Å². The standard InChI is InChI=1S/C21H18BrN5O/c22-17-13-24-21(25-16-8-9-18-15(11-16)12-19(28)26-18)27-20(17)23-10-4-7-14-5-2-1-3-6-14/h1-9,11,13H,10,12H2,(H,26,28)(H2,23,24,25,27). The SMILES string of the molecule is O=C1Cc2cc(Nc3ncc(Br)c(NCC=Cc4ccccc4)n3)ccc2N1. The molecule has 0 saturated heterocycles. The average Bonchev–Trinajstić information content (AvgIpc) is 3.07. The predicted molar refractivity (Wildman–Crippen MR) is 116 cm³/mol. The largest absolute Gasteiger partial charge is 0.365 e. The Morgan fingerprint density at radius 1 is 1.18 bits per heavy atom. The summed E-state index contributed by atoms with van der Waals surface area (Å²) in [6, 6.07) is 15.8. The quantitative estimate of drug-likeness (QED) is 0.526. The Hall–Kier alpha value is -3.19. The Balaban J connectivity index is 1.42. The van der Waals surface area contributed by atoms with Crippen molar-refractivity contribution in [3.05, 3.63) is 76.4 Å². The van der Waals surface area contributed by atoms with E-state index in [1.54, 1.807) is 6.20 Å². The first-order chi connectivity index (χ1) is 13.7. The minimum absolute atomic E-state index is 0.0158. The molecule has 1 aliphatic heterocycles. The Labute approximate surface area is 171 Å². The second-order valence-electron chi connectivity index (χ2n) is 6.31. The summed E-state index contributed by atoms with van der Waals surface area (Å²) < 4.78 is 0.787. The molecule has 28 heavy (non-hydrogen) atoms. The van der Waals surface area contributed by atoms with Gasteiger partial charge >= 0.3 is 0 Å². The number of rotatable bonds is 6. The fourth-order valence-corrected chi connectivity index (χ4v) is 3.23. The third-order valence-corrected chi connectivity index (χ3v) is 4.81. The van der Waals surface area contributed by atoms with Crippen LogP contribution >= 0.6 is 15.9 Å². The highest BCUT2D eigenvalue weighted by atomic mass is 79.9. The maximum Gasteiger partial charge on any atom is 0.229 e. The lowest BCUT2D eigenvalue weighted by atomic mass is 10.1. The van der Waals surface area contributed by atoms with Crippen LogP contribution in [0.15, 0.2) is 65.3 Å². The molecule has 0 radical (unpaired) electrons. The van der Waals surface area contributed by atoms with E-state index >= 15 is 0 Å². The van der Waals surface area contributed by atoms with Gasteiger partial charge in [-0.15, -0.1) is 0 Å². The summed E-state index contributed by atoms with van der Waals surface area (Å²) in [5.74, 6) is 1.20. The summed E-state index contributed by atoms with van der Waals surface area (Å²) in [4.78, 5) is 20.3. The number of carbonyl (C=O) groups excluding carboxylic acids is 1. The number of amides is 1. The van der Waals surface area contributed by atoms with E-state index in [2.05, 4.69) is 60.1 Å². The van der Waals surface area contributed by atoms with Gasteiger partial charge in [0, 0.05) is 24.1 Å². The molecule has 0 fully saturated rings. The second-order valence-corrected chi connectivity index (χ2v) is 7.16. The number of hydrogen-bond donors (Lipinski definition) is 3. The van der Waals surface area contributed by atoms with E-state index in [0.29, 0.717) is 24.7 Å². The molecule has 0 bridgehead atoms. The van der Waals surface area contributed by atoms with Crippen molar-refractivity contribution in [2.75, 3.05) is 22.5 Å². The normalized spacial score (nSPS) is 12.7. The second kappa shape index (κ2) is 8.22. The van der Waals surface area contributed by atoms with E-state index in [1.807, 2.05) is 42.5 Å². The summed E-state index contributed by atoms with van der Waals surface area (Å²) in [6.07, 6.45) is 6.20. The van der Waals surface area contributed by atoms with Gasteiger partial charge in [0.25, 0.3) is 0 Å². The smallest absolute Gasteiger partial charge is 0.229 e. The molecular formula is C21H18BrN5O. The number of hydrogen-bond acceptors (Lipinski definition) is 5. The minimum Gasteiger partial charge on any atom is -0.365 e. The molecule has 4 rings (SSSR count). The van der Waals surface area contributed by atoms with Crippen molar-refractivity contribution >= 4 is 51.1 Å². The molecule has 0 aliphatic carbocycles. The van der Waals surface area contributed by atoms with E-state index in [1.165, 1.54) is 0 Å². The Morgan fingerprint density at radius 2 is 2.04 bits per heavy atom. The molecule has 140 valence electrons. The van der Waals surface area contributed by atoms with Crippen molar-refractivity contribution in [2.24, 2.45) is 0 Å². The monoisotopic (exact) mass is 435 g/mol. The molecule has 0 spiro atoms. The van der Waals surface area contributed by atoms with Gasteiger partial charge in [-0.05, 0) is 45.3 Å². The summed E-state index contributed by atoms with van der Waals surface area (Å²) >= 11 is 3.47. The molecule has 0 saturated carbocycles. The number of nitrogens with one attached hydrogen (secondary N) is 3. The van der Waals surface area contributed by atoms with E-state index in [0.717, 1.165) is 27.0 Å². The zero-order valence-electron chi connectivity index (χ0n) is 14.9. The number of fused-ring (bicyclic) bond motifs is 1. The Morgan fingerprint density at radius 3 is 2.89 bits per heavy atom. The van der Waals surface area contributed by atoms with Gasteiger partial charge in [0.05, 0.1) is 10.9 Å². The van der Waals surface area contributed by atoms with Crippen molar-refractivity contribution in [1.82, 2.24) is 9.97 Å². The van der Waals surface area contributed by atoms with E-state index < -0.39 is 0 Å². The van der Waals surface area contributed by atoms with Crippen LogP contribution in [0.4, 0.5) is 23.1 Å². The molecule has 7 heteroatoms. The van der Waals surface area contributed by atoms with Crippen molar-refractivity contribution in [3.63, 3.8) is 0 Å². The minimum atomic E-state index is 0.0158. The lowest BCUT2D eigenvalue weighted by Gasteiger charge is -2.10. The molecule has 3 N–H and O–H groups in total. The van der Waals surface area contributed by atoms with Crippen molar-refractivity contribution in [3.8, 4) is 0 Å². The van der Waals surface area contributed by atoms with Crippen LogP contribution in [-0.2, 0) is 11.2 Å². The number of anilines is 4. The molecule has 1 aliphatic rings.